The van der Waals surface area contributed by atoms with Gasteiger partial charge in [-0.25, -0.2) is 0 Å². The predicted octanol–water partition coefficient (Wildman–Crippen LogP) is -2.80. The summed E-state index contributed by atoms with van der Waals surface area (Å²) in [5.41, 5.74) is 0.293. The molecule has 0 bridgehead atoms. The number of phenolic OH excluding ortho intramolecular Hbond substituents is 1. The van der Waals surface area contributed by atoms with Crippen LogP contribution in [0.25, 0.3) is 0 Å². The van der Waals surface area contributed by atoms with Crippen molar-refractivity contribution in [2.75, 3.05) is 26.3 Å². The molecule has 108 valence electrons. The lowest BCUT2D eigenvalue weighted by Gasteiger charge is -2.19. The van der Waals surface area contributed by atoms with Crippen LogP contribution in [0, 0.1) is 10.1 Å². The topological polar surface area (TPSA) is 107 Å². The van der Waals surface area contributed by atoms with E-state index in [9.17, 15) is 15.2 Å². The molecule has 3 N–H and O–H groups in total. The molecule has 0 saturated heterocycles. The van der Waals surface area contributed by atoms with Gasteiger partial charge in [0.25, 0.3) is 0 Å². The maximum atomic E-state index is 10.7. The molecule has 1 rings (SSSR count). The maximum absolute atomic E-state index is 10.7. The van der Waals surface area contributed by atoms with Crippen LogP contribution in [0.4, 0.5) is 5.69 Å². The maximum Gasteiger partial charge on any atom is 1.00 e. The molecule has 8 heteroatoms. The summed E-state index contributed by atoms with van der Waals surface area (Å²) in [5.74, 6) is -0.375. The monoisotopic (exact) mass is 292 g/mol. The second-order valence-electron chi connectivity index (χ2n) is 3.80. The van der Waals surface area contributed by atoms with Crippen molar-refractivity contribution in [2.24, 2.45) is 0 Å². The van der Waals surface area contributed by atoms with Gasteiger partial charge in [-0.15, -0.1) is 0 Å². The minimum atomic E-state index is -0.652. The largest absolute Gasteiger partial charge is 1.00 e. The zero-order valence-electron chi connectivity index (χ0n) is 11.2. The number of halogens is 1. The summed E-state index contributed by atoms with van der Waals surface area (Å²) < 4.78 is 0. The number of phenols is 1. The number of aromatic hydroxyl groups is 1. The number of hydrogen-bond acceptors (Lipinski definition) is 6. The molecule has 0 atom stereocenters. The minimum absolute atomic E-state index is 0. The van der Waals surface area contributed by atoms with Crippen molar-refractivity contribution in [3.05, 3.63) is 33.9 Å². The Morgan fingerprint density at radius 3 is 2.32 bits per heavy atom. The van der Waals surface area contributed by atoms with Gasteiger partial charge < -0.3 is 27.7 Å². The molecule has 0 aromatic heterocycles. The fraction of sp³-hybridized carbons (Fsp3) is 0.455. The molecule has 1 aromatic carbocycles. The van der Waals surface area contributed by atoms with Gasteiger partial charge in [0.15, 0.2) is 5.75 Å². The zero-order valence-corrected chi connectivity index (χ0v) is 11.0. The summed E-state index contributed by atoms with van der Waals surface area (Å²) in [7, 11) is 0. The van der Waals surface area contributed by atoms with Gasteiger partial charge in [0, 0.05) is 25.7 Å². The molecule has 7 nitrogen and oxygen atoms in total. The van der Waals surface area contributed by atoms with Gasteiger partial charge in [0.1, 0.15) is 0 Å². The number of rotatable bonds is 7. The molecule has 0 aliphatic carbocycles. The number of nitrogens with zero attached hydrogens (tertiary/aromatic N) is 2. The highest BCUT2D eigenvalue weighted by Gasteiger charge is 2.14. The third-order valence-electron chi connectivity index (χ3n) is 2.48. The van der Waals surface area contributed by atoms with E-state index in [1.165, 1.54) is 12.1 Å². The van der Waals surface area contributed by atoms with Crippen molar-refractivity contribution in [3.63, 3.8) is 0 Å². The van der Waals surface area contributed by atoms with Gasteiger partial charge in [-0.3, -0.25) is 15.0 Å². The lowest BCUT2D eigenvalue weighted by Crippen LogP contribution is -3.00. The van der Waals surface area contributed by atoms with Crippen molar-refractivity contribution in [2.45, 2.75) is 6.54 Å². The molecule has 0 radical (unpaired) electrons. The van der Waals surface area contributed by atoms with E-state index >= 15 is 0 Å². The Labute approximate surface area is 118 Å². The Morgan fingerprint density at radius 2 is 1.84 bits per heavy atom. The van der Waals surface area contributed by atoms with Crippen LogP contribution in [-0.4, -0.2) is 51.4 Å². The summed E-state index contributed by atoms with van der Waals surface area (Å²) >= 11 is 0. The highest BCUT2D eigenvalue weighted by Crippen LogP contribution is 2.26. The molecule has 0 saturated carbocycles. The van der Waals surface area contributed by atoms with Gasteiger partial charge in [-0.1, -0.05) is 6.07 Å². The number of aliphatic hydroxyl groups excluding tert-OH is 2. The van der Waals surface area contributed by atoms with Crippen molar-refractivity contribution < 1.29 is 34.1 Å². The van der Waals surface area contributed by atoms with Crippen LogP contribution < -0.4 is 12.4 Å². The number of nitro benzene ring substituents is 1. The van der Waals surface area contributed by atoms with Crippen molar-refractivity contribution >= 4 is 5.69 Å². The zero-order chi connectivity index (χ0) is 13.5. The summed E-state index contributed by atoms with van der Waals surface area (Å²) in [6.07, 6.45) is 0. The second-order valence-corrected chi connectivity index (χ2v) is 3.80. The molecule has 19 heavy (non-hydrogen) atoms. The van der Waals surface area contributed by atoms with E-state index in [1.807, 2.05) is 0 Å². The van der Waals surface area contributed by atoms with E-state index in [-0.39, 0.29) is 38.5 Å². The first-order chi connectivity index (χ1) is 8.58. The van der Waals surface area contributed by atoms with E-state index in [2.05, 4.69) is 0 Å². The van der Waals surface area contributed by atoms with Crippen LogP contribution in [0.1, 0.15) is 6.99 Å². The average Bonchev–Trinajstić information content (AvgIpc) is 2.32. The SMILES string of the molecule is O=[N+]([O-])c1cc(CN(CCO)CCO)ccc1O.[Cl-].[H+]. The molecule has 0 heterocycles. The van der Waals surface area contributed by atoms with Crippen molar-refractivity contribution in [3.8, 4) is 5.75 Å². The van der Waals surface area contributed by atoms with Crippen molar-refractivity contribution in [1.29, 1.82) is 0 Å². The van der Waals surface area contributed by atoms with Gasteiger partial charge in [0.2, 0.25) is 0 Å². The Morgan fingerprint density at radius 1 is 1.26 bits per heavy atom. The molecule has 0 spiro atoms. The highest BCUT2D eigenvalue weighted by molar-refractivity contribution is 5.47. The molecular weight excluding hydrogens is 276 g/mol. The number of nitro groups is 1. The Hall–Kier alpha value is -1.41. The van der Waals surface area contributed by atoms with Gasteiger partial charge >= 0.3 is 7.11 Å². The molecule has 1 aromatic rings. The Balaban J connectivity index is 0. The highest BCUT2D eigenvalue weighted by atomic mass is 35.5. The number of benzene rings is 1. The average molecular weight is 293 g/mol. The molecule has 0 aliphatic rings. The molecule has 0 fully saturated rings. The van der Waals surface area contributed by atoms with Gasteiger partial charge in [0.05, 0.1) is 18.1 Å². The van der Waals surface area contributed by atoms with Crippen LogP contribution in [0.15, 0.2) is 18.2 Å². The smallest absolute Gasteiger partial charge is 1.00 e. The van der Waals surface area contributed by atoms with Crippen molar-refractivity contribution in [1.82, 2.24) is 4.90 Å². The quantitative estimate of drug-likeness (QED) is 0.370. The predicted molar refractivity (Wildman–Crippen MR) is 65.3 cm³/mol. The lowest BCUT2D eigenvalue weighted by atomic mass is 10.1. The Kier molecular flexibility index (Phi) is 8.01. The van der Waals surface area contributed by atoms with Crippen LogP contribution in [-0.2, 0) is 6.54 Å². The summed E-state index contributed by atoms with van der Waals surface area (Å²) in [6.45, 7) is 0.993. The molecule has 0 aliphatic heterocycles. The normalized spacial score (nSPS) is 10.3. The second kappa shape index (κ2) is 8.65. The summed E-state index contributed by atoms with van der Waals surface area (Å²) in [4.78, 5) is 11.8. The fourth-order valence-electron chi connectivity index (χ4n) is 1.62. The third kappa shape index (κ3) is 5.39. The first-order valence-electron chi connectivity index (χ1n) is 5.49. The number of hydrogen-bond donors (Lipinski definition) is 3. The lowest BCUT2D eigenvalue weighted by molar-refractivity contribution is -0.385. The summed E-state index contributed by atoms with van der Waals surface area (Å²) in [5, 5.41) is 37.7. The van der Waals surface area contributed by atoms with Crippen LogP contribution >= 0.6 is 0 Å². The molecule has 0 amide bonds. The third-order valence-corrected chi connectivity index (χ3v) is 2.48. The standard InChI is InChI=1S/C11H16N2O5.ClH/c14-5-3-12(4-6-15)8-9-1-2-11(16)10(7-9)13(17)18;/h1-2,7,14-16H,3-6,8H2;1H. The first-order valence-corrected chi connectivity index (χ1v) is 5.49. The van der Waals surface area contributed by atoms with Crippen LogP contribution in [0.3, 0.4) is 0 Å². The Bertz CT molecular complexity index is 416. The van der Waals surface area contributed by atoms with E-state index in [4.69, 9.17) is 10.2 Å². The number of aliphatic hydroxyl groups is 2. The van der Waals surface area contributed by atoms with E-state index in [0.29, 0.717) is 25.2 Å². The summed E-state index contributed by atoms with van der Waals surface area (Å²) in [6, 6.07) is 4.13. The van der Waals surface area contributed by atoms with E-state index in [1.54, 1.807) is 11.0 Å². The fourth-order valence-corrected chi connectivity index (χ4v) is 1.62. The molecule has 0 unspecified atom stereocenters. The van der Waals surface area contributed by atoms with Crippen LogP contribution in [0.2, 0.25) is 0 Å². The minimum Gasteiger partial charge on any atom is -1.00 e. The van der Waals surface area contributed by atoms with Crippen LogP contribution in [0.5, 0.6) is 5.75 Å². The van der Waals surface area contributed by atoms with E-state index < -0.39 is 4.92 Å². The van der Waals surface area contributed by atoms with Gasteiger partial charge in [-0.2, -0.15) is 0 Å². The first kappa shape index (κ1) is 17.6. The van der Waals surface area contributed by atoms with E-state index in [0.717, 1.165) is 0 Å². The van der Waals surface area contributed by atoms with Gasteiger partial charge in [-0.05, 0) is 11.6 Å². The molecular formula is C11H17ClN2O5.